The second kappa shape index (κ2) is 7.09. The number of aromatic nitrogens is 1. The van der Waals surface area contributed by atoms with Gasteiger partial charge < -0.3 is 9.88 Å². The van der Waals surface area contributed by atoms with Gasteiger partial charge in [-0.1, -0.05) is 29.8 Å². The van der Waals surface area contributed by atoms with Crippen LogP contribution >= 0.6 is 0 Å². The summed E-state index contributed by atoms with van der Waals surface area (Å²) in [6, 6.07) is 11.8. The highest BCUT2D eigenvalue weighted by atomic mass is 16.2. The van der Waals surface area contributed by atoms with Crippen molar-refractivity contribution in [2.24, 2.45) is 0 Å². The van der Waals surface area contributed by atoms with Crippen LogP contribution in [0.15, 0.2) is 48.8 Å². The summed E-state index contributed by atoms with van der Waals surface area (Å²) in [5, 5.41) is 3.01. The molecule has 1 aromatic heterocycles. The Bertz CT molecular complexity index is 558. The fraction of sp³-hybridized carbons (Fsp3) is 0.353. The quantitative estimate of drug-likeness (QED) is 0.883. The zero-order valence-electron chi connectivity index (χ0n) is 12.9. The number of nitrogens with zero attached hydrogens (tertiary/aromatic N) is 2. The van der Waals surface area contributed by atoms with Gasteiger partial charge >= 0.3 is 0 Å². The molecule has 1 heterocycles. The third-order valence-corrected chi connectivity index (χ3v) is 3.49. The molecular formula is C17H23N3O. The van der Waals surface area contributed by atoms with Crippen molar-refractivity contribution in [3.05, 3.63) is 59.9 Å². The molecule has 0 spiro atoms. The molecule has 1 atom stereocenters. The molecule has 4 heteroatoms. The van der Waals surface area contributed by atoms with Crippen LogP contribution in [-0.4, -0.2) is 36.0 Å². The summed E-state index contributed by atoms with van der Waals surface area (Å²) in [5.74, 6) is 0.0380. The Hall–Kier alpha value is -2.07. The lowest BCUT2D eigenvalue weighted by Gasteiger charge is -2.24. The van der Waals surface area contributed by atoms with E-state index in [2.05, 4.69) is 9.88 Å². The van der Waals surface area contributed by atoms with E-state index < -0.39 is 0 Å². The SMILES string of the molecule is Cc1ccc(C(C(=O)NCCn2cccc2)N(C)C)cc1. The van der Waals surface area contributed by atoms with Crippen molar-refractivity contribution in [1.29, 1.82) is 0 Å². The van der Waals surface area contributed by atoms with E-state index in [0.29, 0.717) is 6.54 Å². The van der Waals surface area contributed by atoms with Crippen LogP contribution in [0.25, 0.3) is 0 Å². The topological polar surface area (TPSA) is 37.3 Å². The fourth-order valence-corrected chi connectivity index (χ4v) is 2.36. The van der Waals surface area contributed by atoms with Crippen molar-refractivity contribution in [3.63, 3.8) is 0 Å². The summed E-state index contributed by atoms with van der Waals surface area (Å²) < 4.78 is 2.05. The van der Waals surface area contributed by atoms with Gasteiger partial charge in [0.05, 0.1) is 0 Å². The van der Waals surface area contributed by atoms with Crippen molar-refractivity contribution in [3.8, 4) is 0 Å². The minimum Gasteiger partial charge on any atom is -0.353 e. The van der Waals surface area contributed by atoms with Crippen molar-refractivity contribution < 1.29 is 4.79 Å². The number of benzene rings is 1. The molecule has 0 saturated heterocycles. The Kier molecular flexibility index (Phi) is 5.17. The zero-order chi connectivity index (χ0) is 15.2. The second-order valence-corrected chi connectivity index (χ2v) is 5.49. The third-order valence-electron chi connectivity index (χ3n) is 3.49. The van der Waals surface area contributed by atoms with E-state index in [4.69, 9.17) is 0 Å². The van der Waals surface area contributed by atoms with Gasteiger partial charge in [-0.2, -0.15) is 0 Å². The van der Waals surface area contributed by atoms with Crippen LogP contribution in [-0.2, 0) is 11.3 Å². The summed E-state index contributed by atoms with van der Waals surface area (Å²) in [7, 11) is 3.85. The first-order valence-electron chi connectivity index (χ1n) is 7.19. The molecule has 0 aliphatic carbocycles. The fourth-order valence-electron chi connectivity index (χ4n) is 2.36. The number of rotatable bonds is 6. The van der Waals surface area contributed by atoms with Crippen molar-refractivity contribution in [2.45, 2.75) is 19.5 Å². The molecule has 21 heavy (non-hydrogen) atoms. The van der Waals surface area contributed by atoms with Crippen LogP contribution in [0.4, 0.5) is 0 Å². The summed E-state index contributed by atoms with van der Waals surface area (Å²) in [6.45, 7) is 3.46. The molecule has 0 radical (unpaired) electrons. The van der Waals surface area contributed by atoms with Gasteiger partial charge in [0.1, 0.15) is 6.04 Å². The number of nitrogens with one attached hydrogen (secondary N) is 1. The molecule has 0 saturated carbocycles. The number of hydrogen-bond donors (Lipinski definition) is 1. The first-order chi connectivity index (χ1) is 10.1. The van der Waals surface area contributed by atoms with Crippen LogP contribution in [0.2, 0.25) is 0 Å². The van der Waals surface area contributed by atoms with Gasteiger partial charge in [0.15, 0.2) is 0 Å². The maximum atomic E-state index is 12.4. The monoisotopic (exact) mass is 285 g/mol. The number of carbonyl (C=O) groups excluding carboxylic acids is 1. The Morgan fingerprint density at radius 1 is 1.19 bits per heavy atom. The molecule has 2 aromatic rings. The van der Waals surface area contributed by atoms with E-state index in [-0.39, 0.29) is 11.9 Å². The predicted octanol–water partition coefficient (Wildman–Crippen LogP) is 2.22. The van der Waals surface area contributed by atoms with Crippen LogP contribution in [0.3, 0.4) is 0 Å². The highest BCUT2D eigenvalue weighted by Gasteiger charge is 2.22. The van der Waals surface area contributed by atoms with Crippen LogP contribution in [0.5, 0.6) is 0 Å². The maximum absolute atomic E-state index is 12.4. The first-order valence-corrected chi connectivity index (χ1v) is 7.19. The average Bonchev–Trinajstić information content (AvgIpc) is 2.94. The summed E-state index contributed by atoms with van der Waals surface area (Å²) in [5.41, 5.74) is 2.22. The molecule has 0 aliphatic heterocycles. The normalized spacial score (nSPS) is 12.4. The van der Waals surface area contributed by atoms with Gasteiger partial charge in [-0.15, -0.1) is 0 Å². The van der Waals surface area contributed by atoms with Crippen molar-refractivity contribution in [1.82, 2.24) is 14.8 Å². The summed E-state index contributed by atoms with van der Waals surface area (Å²) >= 11 is 0. The van der Waals surface area contributed by atoms with Crippen LogP contribution in [0, 0.1) is 6.92 Å². The number of aryl methyl sites for hydroxylation is 1. The second-order valence-electron chi connectivity index (χ2n) is 5.49. The lowest BCUT2D eigenvalue weighted by Crippen LogP contribution is -2.38. The van der Waals surface area contributed by atoms with E-state index in [0.717, 1.165) is 12.1 Å². The molecule has 1 unspecified atom stereocenters. The lowest BCUT2D eigenvalue weighted by atomic mass is 10.0. The number of carbonyl (C=O) groups is 1. The largest absolute Gasteiger partial charge is 0.353 e. The van der Waals surface area contributed by atoms with Gasteiger partial charge in [-0.05, 0) is 38.7 Å². The summed E-state index contributed by atoms with van der Waals surface area (Å²) in [6.07, 6.45) is 3.99. The highest BCUT2D eigenvalue weighted by Crippen LogP contribution is 2.18. The molecule has 1 N–H and O–H groups in total. The van der Waals surface area contributed by atoms with Crippen molar-refractivity contribution in [2.75, 3.05) is 20.6 Å². The molecule has 0 aliphatic rings. The lowest BCUT2D eigenvalue weighted by molar-refractivity contribution is -0.125. The molecule has 1 amide bonds. The van der Waals surface area contributed by atoms with Gasteiger partial charge in [0, 0.05) is 25.5 Å². The standard InChI is InChI=1S/C17H23N3O/c1-14-6-8-15(9-7-14)16(19(2)3)17(21)18-10-13-20-11-4-5-12-20/h4-9,11-12,16H,10,13H2,1-3H3,(H,18,21). The zero-order valence-corrected chi connectivity index (χ0v) is 12.9. The minimum atomic E-state index is -0.254. The predicted molar refractivity (Wildman–Crippen MR) is 85.0 cm³/mol. The molecule has 112 valence electrons. The molecule has 4 nitrogen and oxygen atoms in total. The number of likely N-dealkylation sites (N-methyl/N-ethyl adjacent to an activating group) is 1. The highest BCUT2D eigenvalue weighted by molar-refractivity contribution is 5.83. The van der Waals surface area contributed by atoms with E-state index >= 15 is 0 Å². The van der Waals surface area contributed by atoms with E-state index in [9.17, 15) is 4.79 Å². The number of amides is 1. The molecule has 0 bridgehead atoms. The average molecular weight is 285 g/mol. The van der Waals surface area contributed by atoms with E-state index in [1.165, 1.54) is 5.56 Å². The van der Waals surface area contributed by atoms with Gasteiger partial charge in [-0.25, -0.2) is 0 Å². The Morgan fingerprint density at radius 2 is 1.81 bits per heavy atom. The Balaban J connectivity index is 1.97. The molecule has 1 aromatic carbocycles. The Labute approximate surface area is 126 Å². The van der Waals surface area contributed by atoms with Gasteiger partial charge in [0.25, 0.3) is 0 Å². The molecular weight excluding hydrogens is 262 g/mol. The van der Waals surface area contributed by atoms with Crippen LogP contribution < -0.4 is 5.32 Å². The Morgan fingerprint density at radius 3 is 2.38 bits per heavy atom. The van der Waals surface area contributed by atoms with Gasteiger partial charge in [-0.3, -0.25) is 9.69 Å². The number of hydrogen-bond acceptors (Lipinski definition) is 2. The van der Waals surface area contributed by atoms with E-state index in [1.54, 1.807) is 0 Å². The third kappa shape index (κ3) is 4.20. The van der Waals surface area contributed by atoms with Crippen molar-refractivity contribution >= 4 is 5.91 Å². The molecule has 2 rings (SSSR count). The van der Waals surface area contributed by atoms with E-state index in [1.807, 2.05) is 74.7 Å². The smallest absolute Gasteiger partial charge is 0.242 e. The molecule has 0 fully saturated rings. The minimum absolute atomic E-state index is 0.0380. The van der Waals surface area contributed by atoms with Gasteiger partial charge in [0.2, 0.25) is 5.91 Å². The summed E-state index contributed by atoms with van der Waals surface area (Å²) in [4.78, 5) is 14.4. The first kappa shape index (κ1) is 15.3. The van der Waals surface area contributed by atoms with Crippen LogP contribution in [0.1, 0.15) is 17.2 Å². The maximum Gasteiger partial charge on any atom is 0.242 e.